The van der Waals surface area contributed by atoms with E-state index in [4.69, 9.17) is 4.74 Å². The Balaban J connectivity index is 1.67. The number of nitrogens with zero attached hydrogens (tertiary/aromatic N) is 1. The Labute approximate surface area is 170 Å². The number of carbonyl (C=O) groups is 2. The lowest BCUT2D eigenvalue weighted by molar-refractivity contribution is -0.152. The Morgan fingerprint density at radius 3 is 2.59 bits per heavy atom. The third kappa shape index (κ3) is 5.28. The fourth-order valence-electron chi connectivity index (χ4n) is 3.55. The summed E-state index contributed by atoms with van der Waals surface area (Å²) >= 11 is 0. The zero-order valence-electron chi connectivity index (χ0n) is 16.8. The molecule has 0 saturated carbocycles. The lowest BCUT2D eigenvalue weighted by atomic mass is 9.90. The van der Waals surface area contributed by atoms with Gasteiger partial charge in [-0.25, -0.2) is 4.79 Å². The van der Waals surface area contributed by atoms with Crippen LogP contribution >= 0.6 is 0 Å². The maximum atomic E-state index is 12.7. The number of aliphatic carboxylic acids is 1. The minimum Gasteiger partial charge on any atom is -0.508 e. The molecule has 2 aromatic rings. The SMILES string of the molecule is CC(C)(Oc1cccc(C2CCCN(C(=O)Cc3ccc(O)cc3)C2)c1)C(=O)O. The van der Waals surface area contributed by atoms with Crippen LogP contribution in [-0.4, -0.2) is 45.7 Å². The Morgan fingerprint density at radius 1 is 1.17 bits per heavy atom. The molecule has 0 aromatic heterocycles. The molecule has 1 aliphatic rings. The molecule has 6 nitrogen and oxygen atoms in total. The maximum absolute atomic E-state index is 12.7. The van der Waals surface area contributed by atoms with Gasteiger partial charge in [0.05, 0.1) is 6.42 Å². The Morgan fingerprint density at radius 2 is 1.90 bits per heavy atom. The first-order valence-electron chi connectivity index (χ1n) is 9.82. The lowest BCUT2D eigenvalue weighted by Gasteiger charge is -2.33. The van der Waals surface area contributed by atoms with Crippen LogP contribution in [0.3, 0.4) is 0 Å². The molecule has 6 heteroatoms. The minimum atomic E-state index is -1.31. The molecule has 1 atom stereocenters. The molecule has 3 rings (SSSR count). The molecule has 1 saturated heterocycles. The lowest BCUT2D eigenvalue weighted by Crippen LogP contribution is -2.40. The van der Waals surface area contributed by atoms with E-state index < -0.39 is 11.6 Å². The number of likely N-dealkylation sites (tertiary alicyclic amines) is 1. The second-order valence-corrected chi connectivity index (χ2v) is 8.01. The molecule has 1 aliphatic heterocycles. The molecule has 2 aromatic carbocycles. The molecule has 0 radical (unpaired) electrons. The topological polar surface area (TPSA) is 87.1 Å². The highest BCUT2D eigenvalue weighted by atomic mass is 16.5. The summed E-state index contributed by atoms with van der Waals surface area (Å²) in [6.07, 6.45) is 2.19. The van der Waals surface area contributed by atoms with E-state index in [1.807, 2.05) is 23.1 Å². The number of carboxylic acid groups (broad SMARTS) is 1. The molecular formula is C23H27NO5. The van der Waals surface area contributed by atoms with Crippen LogP contribution in [0.1, 0.15) is 43.7 Å². The monoisotopic (exact) mass is 397 g/mol. The van der Waals surface area contributed by atoms with Gasteiger partial charge >= 0.3 is 5.97 Å². The quantitative estimate of drug-likeness (QED) is 0.778. The van der Waals surface area contributed by atoms with Crippen molar-refractivity contribution in [3.05, 3.63) is 59.7 Å². The van der Waals surface area contributed by atoms with Crippen molar-refractivity contribution in [2.45, 2.75) is 44.6 Å². The summed E-state index contributed by atoms with van der Waals surface area (Å²) in [5.74, 6) is -0.0646. The van der Waals surface area contributed by atoms with Crippen molar-refractivity contribution in [2.75, 3.05) is 13.1 Å². The Hall–Kier alpha value is -3.02. The molecular weight excluding hydrogens is 370 g/mol. The van der Waals surface area contributed by atoms with Crippen molar-refractivity contribution < 1.29 is 24.5 Å². The number of phenolic OH excluding ortho intramolecular Hbond substituents is 1. The van der Waals surface area contributed by atoms with Crippen LogP contribution < -0.4 is 4.74 Å². The number of piperidine rings is 1. The molecule has 1 amide bonds. The third-order valence-electron chi connectivity index (χ3n) is 5.28. The predicted octanol–water partition coefficient (Wildman–Crippen LogP) is 3.58. The standard InChI is InChI=1S/C23H27NO5/c1-23(2,22(27)28)29-20-7-3-5-17(14-20)18-6-4-12-24(15-18)21(26)13-16-8-10-19(25)11-9-16/h3,5,7-11,14,18,25H,4,6,12-13,15H2,1-2H3,(H,27,28). The molecule has 0 aliphatic carbocycles. The van der Waals surface area contributed by atoms with Crippen LogP contribution in [0.5, 0.6) is 11.5 Å². The van der Waals surface area contributed by atoms with Gasteiger partial charge in [0.1, 0.15) is 11.5 Å². The van der Waals surface area contributed by atoms with E-state index in [-0.39, 0.29) is 17.6 Å². The van der Waals surface area contributed by atoms with E-state index in [2.05, 4.69) is 0 Å². The van der Waals surface area contributed by atoms with Gasteiger partial charge in [-0.05, 0) is 62.1 Å². The average molecular weight is 397 g/mol. The van der Waals surface area contributed by atoms with Crippen molar-refractivity contribution in [1.29, 1.82) is 0 Å². The van der Waals surface area contributed by atoms with Crippen LogP contribution in [0.4, 0.5) is 0 Å². The zero-order chi connectivity index (χ0) is 21.0. The number of aromatic hydroxyl groups is 1. The van der Waals surface area contributed by atoms with Crippen molar-refractivity contribution in [2.24, 2.45) is 0 Å². The highest BCUT2D eigenvalue weighted by Crippen LogP contribution is 2.30. The molecule has 1 fully saturated rings. The summed E-state index contributed by atoms with van der Waals surface area (Å²) in [5, 5.41) is 18.7. The normalized spacial score (nSPS) is 17.0. The van der Waals surface area contributed by atoms with Crippen LogP contribution in [0.2, 0.25) is 0 Å². The van der Waals surface area contributed by atoms with Crippen molar-refractivity contribution in [3.63, 3.8) is 0 Å². The van der Waals surface area contributed by atoms with Gasteiger partial charge in [-0.1, -0.05) is 24.3 Å². The van der Waals surface area contributed by atoms with Crippen LogP contribution in [-0.2, 0) is 16.0 Å². The van der Waals surface area contributed by atoms with Gasteiger partial charge in [0.15, 0.2) is 5.60 Å². The van der Waals surface area contributed by atoms with E-state index in [0.717, 1.165) is 30.5 Å². The summed E-state index contributed by atoms with van der Waals surface area (Å²) in [7, 11) is 0. The highest BCUT2D eigenvalue weighted by Gasteiger charge is 2.30. The van der Waals surface area contributed by atoms with E-state index >= 15 is 0 Å². The first-order chi connectivity index (χ1) is 13.7. The van der Waals surface area contributed by atoms with Crippen molar-refractivity contribution >= 4 is 11.9 Å². The van der Waals surface area contributed by atoms with Crippen LogP contribution in [0.15, 0.2) is 48.5 Å². The van der Waals surface area contributed by atoms with Gasteiger partial charge < -0.3 is 19.8 Å². The summed E-state index contributed by atoms with van der Waals surface area (Å²) in [6.45, 7) is 4.40. The first kappa shape index (κ1) is 20.7. The Kier molecular flexibility index (Phi) is 6.11. The van der Waals surface area contributed by atoms with Crippen LogP contribution in [0.25, 0.3) is 0 Å². The fraction of sp³-hybridized carbons (Fsp3) is 0.391. The molecule has 0 bridgehead atoms. The molecule has 29 heavy (non-hydrogen) atoms. The zero-order valence-corrected chi connectivity index (χ0v) is 16.8. The van der Waals surface area contributed by atoms with Gasteiger partial charge in [-0.15, -0.1) is 0 Å². The molecule has 1 unspecified atom stereocenters. The van der Waals surface area contributed by atoms with Crippen LogP contribution in [0, 0.1) is 0 Å². The molecule has 154 valence electrons. The number of hydrogen-bond donors (Lipinski definition) is 2. The number of carbonyl (C=O) groups excluding carboxylic acids is 1. The number of rotatable bonds is 6. The summed E-state index contributed by atoms with van der Waals surface area (Å²) in [5.41, 5.74) is 0.615. The first-order valence-corrected chi connectivity index (χ1v) is 9.82. The third-order valence-corrected chi connectivity index (χ3v) is 5.28. The maximum Gasteiger partial charge on any atom is 0.347 e. The van der Waals surface area contributed by atoms with Gasteiger partial charge in [0.25, 0.3) is 0 Å². The second kappa shape index (κ2) is 8.55. The summed E-state index contributed by atoms with van der Waals surface area (Å²) in [4.78, 5) is 25.9. The average Bonchev–Trinajstić information content (AvgIpc) is 2.69. The predicted molar refractivity (Wildman–Crippen MR) is 109 cm³/mol. The fourth-order valence-corrected chi connectivity index (χ4v) is 3.55. The molecule has 2 N–H and O–H groups in total. The van der Waals surface area contributed by atoms with Crippen molar-refractivity contribution in [3.8, 4) is 11.5 Å². The highest BCUT2D eigenvalue weighted by molar-refractivity contribution is 5.79. The Bertz CT molecular complexity index is 875. The number of hydrogen-bond acceptors (Lipinski definition) is 4. The number of benzene rings is 2. The second-order valence-electron chi connectivity index (χ2n) is 8.01. The number of amides is 1. The van der Waals surface area contributed by atoms with E-state index in [1.165, 1.54) is 13.8 Å². The number of phenols is 1. The van der Waals surface area contributed by atoms with Gasteiger partial charge in [-0.3, -0.25) is 4.79 Å². The number of carboxylic acids is 1. The van der Waals surface area contributed by atoms with Gasteiger partial charge in [0.2, 0.25) is 5.91 Å². The van der Waals surface area contributed by atoms with E-state index in [0.29, 0.717) is 18.7 Å². The van der Waals surface area contributed by atoms with E-state index in [1.54, 1.807) is 30.3 Å². The van der Waals surface area contributed by atoms with Gasteiger partial charge in [-0.2, -0.15) is 0 Å². The molecule has 1 heterocycles. The summed E-state index contributed by atoms with van der Waals surface area (Å²) < 4.78 is 5.66. The van der Waals surface area contributed by atoms with E-state index in [9.17, 15) is 19.8 Å². The van der Waals surface area contributed by atoms with Gasteiger partial charge in [0, 0.05) is 19.0 Å². The smallest absolute Gasteiger partial charge is 0.347 e. The van der Waals surface area contributed by atoms with Crippen molar-refractivity contribution in [1.82, 2.24) is 4.90 Å². The summed E-state index contributed by atoms with van der Waals surface area (Å²) in [6, 6.07) is 14.2. The minimum absolute atomic E-state index is 0.0693. The number of ether oxygens (including phenoxy) is 1. The molecule has 0 spiro atoms. The largest absolute Gasteiger partial charge is 0.508 e.